The Labute approximate surface area is 323 Å². The van der Waals surface area contributed by atoms with E-state index in [1.807, 2.05) is 67.8 Å². The van der Waals surface area contributed by atoms with Crippen LogP contribution in [-0.2, 0) is 42.9 Å². The van der Waals surface area contributed by atoms with Crippen molar-refractivity contribution in [1.82, 2.24) is 10.6 Å². The number of hydrogen-bond acceptors (Lipinski definition) is 11. The summed E-state index contributed by atoms with van der Waals surface area (Å²) in [7, 11) is 0. The highest BCUT2D eigenvalue weighted by molar-refractivity contribution is 14.1. The summed E-state index contributed by atoms with van der Waals surface area (Å²) in [6.07, 6.45) is 1.20. The minimum absolute atomic E-state index is 0.000758. The third-order valence-corrected chi connectivity index (χ3v) is 10.2. The van der Waals surface area contributed by atoms with Crippen molar-refractivity contribution in [2.75, 3.05) is 37.1 Å². The van der Waals surface area contributed by atoms with Crippen LogP contribution in [0.5, 0.6) is 0 Å². The Hall–Kier alpha value is -1.34. The summed E-state index contributed by atoms with van der Waals surface area (Å²) in [6, 6.07) is -1.90. The van der Waals surface area contributed by atoms with Gasteiger partial charge < -0.3 is 34.9 Å². The number of nitrogens with one attached hydrogen (secondary N) is 3. The highest BCUT2D eigenvalue weighted by atomic mass is 127. The quantitative estimate of drug-likeness (QED) is 0.0890. The molecule has 0 bridgehead atoms. The van der Waals surface area contributed by atoms with Gasteiger partial charge in [0.05, 0.1) is 40.9 Å². The van der Waals surface area contributed by atoms with Gasteiger partial charge in [-0.15, -0.1) is 0 Å². The van der Waals surface area contributed by atoms with Crippen molar-refractivity contribution < 1.29 is 52.5 Å². The molecule has 0 radical (unpaired) electrons. The molecular formula is C27H32Br2I3N3O11. The summed E-state index contributed by atoms with van der Waals surface area (Å²) >= 11 is 12.3. The number of rotatable bonds is 17. The van der Waals surface area contributed by atoms with E-state index in [-0.39, 0.29) is 46.8 Å². The lowest BCUT2D eigenvalue weighted by molar-refractivity contribution is -0.146. The van der Waals surface area contributed by atoms with Crippen molar-refractivity contribution in [3.05, 3.63) is 21.8 Å². The largest absolute Gasteiger partial charge is 0.464 e. The van der Waals surface area contributed by atoms with E-state index in [0.717, 1.165) is 0 Å². The first-order valence-corrected chi connectivity index (χ1v) is 18.6. The molecule has 19 heteroatoms. The fraction of sp³-hybridized carbons (Fsp3) is 0.519. The fourth-order valence-electron chi connectivity index (χ4n) is 3.41. The molecule has 46 heavy (non-hydrogen) atoms. The first-order chi connectivity index (χ1) is 21.5. The zero-order valence-electron chi connectivity index (χ0n) is 25.1. The van der Waals surface area contributed by atoms with Crippen molar-refractivity contribution in [3.63, 3.8) is 0 Å². The van der Waals surface area contributed by atoms with Crippen LogP contribution in [0.2, 0.25) is 0 Å². The van der Waals surface area contributed by atoms with E-state index in [4.69, 9.17) is 18.9 Å². The Morgan fingerprint density at radius 3 is 1.30 bits per heavy atom. The van der Waals surface area contributed by atoms with E-state index >= 15 is 0 Å². The van der Waals surface area contributed by atoms with Crippen LogP contribution in [0, 0.1) is 10.7 Å². The highest BCUT2D eigenvalue weighted by Crippen LogP contribution is 2.36. The van der Waals surface area contributed by atoms with Gasteiger partial charge in [0.25, 0.3) is 11.8 Å². The monoisotopic (exact) mass is 1110 g/mol. The van der Waals surface area contributed by atoms with Gasteiger partial charge in [0.2, 0.25) is 5.91 Å². The van der Waals surface area contributed by atoms with Gasteiger partial charge in [0, 0.05) is 36.6 Å². The van der Waals surface area contributed by atoms with Crippen LogP contribution in [0.1, 0.15) is 61.3 Å². The second kappa shape index (κ2) is 21.6. The Kier molecular flexibility index (Phi) is 20.0. The predicted octanol–water partition coefficient (Wildman–Crippen LogP) is 3.83. The molecule has 1 unspecified atom stereocenters. The predicted molar refractivity (Wildman–Crippen MR) is 198 cm³/mol. The molecule has 14 nitrogen and oxygen atoms in total. The molecule has 0 aliphatic heterocycles. The zero-order valence-corrected chi connectivity index (χ0v) is 34.7. The lowest BCUT2D eigenvalue weighted by Gasteiger charge is -2.24. The molecular weight excluding hydrogens is 1080 g/mol. The second-order valence-electron chi connectivity index (χ2n) is 9.41. The summed E-state index contributed by atoms with van der Waals surface area (Å²) in [4.78, 5) is 85.9. The molecule has 1 aromatic carbocycles. The van der Waals surface area contributed by atoms with E-state index in [2.05, 4.69) is 47.8 Å². The number of esters is 4. The molecule has 0 saturated carbocycles. The number of hydrogen-bond donors (Lipinski definition) is 3. The number of amides is 3. The first kappa shape index (κ1) is 42.7. The lowest BCUT2D eigenvalue weighted by Crippen LogP contribution is -2.44. The smallest absolute Gasteiger partial charge is 0.302 e. The number of benzene rings is 1. The molecule has 0 aliphatic carbocycles. The molecule has 0 fully saturated rings. The topological polar surface area (TPSA) is 192 Å². The minimum atomic E-state index is -0.950. The van der Waals surface area contributed by atoms with Gasteiger partial charge in [-0.3, -0.25) is 33.6 Å². The van der Waals surface area contributed by atoms with Gasteiger partial charge in [-0.1, -0.05) is 31.9 Å². The summed E-state index contributed by atoms with van der Waals surface area (Å²) in [5.74, 6) is -4.33. The van der Waals surface area contributed by atoms with Gasteiger partial charge in [-0.2, -0.15) is 0 Å². The van der Waals surface area contributed by atoms with Crippen molar-refractivity contribution in [3.8, 4) is 0 Å². The third kappa shape index (κ3) is 14.8. The summed E-state index contributed by atoms with van der Waals surface area (Å²) in [5.41, 5.74) is 0.180. The molecule has 1 aromatic rings. The van der Waals surface area contributed by atoms with Gasteiger partial charge in [-0.25, -0.2) is 0 Å². The Bertz CT molecular complexity index is 1220. The van der Waals surface area contributed by atoms with E-state index in [1.54, 1.807) is 0 Å². The molecule has 0 aromatic heterocycles. The number of carbonyl (C=O) groups is 7. The maximum Gasteiger partial charge on any atom is 0.302 e. The normalized spacial score (nSPS) is 11.4. The van der Waals surface area contributed by atoms with Crippen LogP contribution in [0.25, 0.3) is 0 Å². The fourth-order valence-corrected chi connectivity index (χ4v) is 8.59. The van der Waals surface area contributed by atoms with Crippen molar-refractivity contribution in [2.24, 2.45) is 0 Å². The SMILES string of the molecule is CC(=O)OCC(COC(C)=O)NC(=O)c1c(I)c(NC(=O)C(Br)CCCBr)c(I)c(C(=O)NC(COC(C)=O)COC(C)=O)c1I. The average molecular weight is 1120 g/mol. The Morgan fingerprint density at radius 1 is 0.652 bits per heavy atom. The van der Waals surface area contributed by atoms with Gasteiger partial charge >= 0.3 is 23.9 Å². The Morgan fingerprint density at radius 2 is 1.00 bits per heavy atom. The minimum Gasteiger partial charge on any atom is -0.464 e. The van der Waals surface area contributed by atoms with E-state index in [9.17, 15) is 33.6 Å². The molecule has 0 aliphatic rings. The maximum atomic E-state index is 13.8. The lowest BCUT2D eigenvalue weighted by atomic mass is 10.1. The van der Waals surface area contributed by atoms with Gasteiger partial charge in [-0.05, 0) is 80.6 Å². The molecule has 0 heterocycles. The van der Waals surface area contributed by atoms with Crippen LogP contribution in [-0.4, -0.2) is 90.3 Å². The number of carbonyl (C=O) groups excluding carboxylic acids is 7. The van der Waals surface area contributed by atoms with Crippen molar-refractivity contribution in [1.29, 1.82) is 0 Å². The van der Waals surface area contributed by atoms with Gasteiger partial charge in [0.15, 0.2) is 0 Å². The second-order valence-corrected chi connectivity index (χ2v) is 14.5. The van der Waals surface area contributed by atoms with Crippen LogP contribution >= 0.6 is 99.6 Å². The zero-order chi connectivity index (χ0) is 35.1. The number of ether oxygens (including phenoxy) is 4. The van der Waals surface area contributed by atoms with Crippen LogP contribution in [0.4, 0.5) is 5.69 Å². The highest BCUT2D eigenvalue weighted by Gasteiger charge is 2.31. The van der Waals surface area contributed by atoms with Crippen molar-refractivity contribution in [2.45, 2.75) is 57.4 Å². The summed E-state index contributed by atoms with van der Waals surface area (Å²) < 4.78 is 20.9. The number of alkyl halides is 2. The summed E-state index contributed by atoms with van der Waals surface area (Å²) in [5, 5.41) is 8.83. The number of anilines is 1. The standard InChI is InChI=1S/C27H32Br2I3N3O11/c1-12(36)43-8-16(9-44-13(2)37)33-26(41)19-21(30)20(27(42)34-17(10-45-14(3)38)11-46-15(4)39)23(32)24(22(19)31)35-25(40)18(29)6-5-7-28/h16-18H,5-11H2,1-4H3,(H,33,41)(H,34,42)(H,35,40). The Balaban J connectivity index is 3.70. The molecule has 1 atom stereocenters. The third-order valence-electron chi connectivity index (χ3n) is 5.52. The van der Waals surface area contributed by atoms with E-state index in [1.165, 1.54) is 27.7 Å². The molecule has 256 valence electrons. The van der Waals surface area contributed by atoms with Crippen LogP contribution < -0.4 is 16.0 Å². The van der Waals surface area contributed by atoms with Gasteiger partial charge in [0.1, 0.15) is 26.4 Å². The molecule has 1 rings (SSSR count). The van der Waals surface area contributed by atoms with E-state index < -0.39 is 58.5 Å². The molecule has 3 amide bonds. The molecule has 0 saturated heterocycles. The summed E-state index contributed by atoms with van der Waals surface area (Å²) in [6.45, 7) is 3.49. The van der Waals surface area contributed by atoms with E-state index in [0.29, 0.717) is 25.3 Å². The maximum absolute atomic E-state index is 13.8. The molecule has 3 N–H and O–H groups in total. The molecule has 0 spiro atoms. The van der Waals surface area contributed by atoms with Crippen molar-refractivity contribution >= 4 is 147 Å². The first-order valence-electron chi connectivity index (χ1n) is 13.4. The van der Waals surface area contributed by atoms with Crippen LogP contribution in [0.15, 0.2) is 0 Å². The van der Waals surface area contributed by atoms with Crippen LogP contribution in [0.3, 0.4) is 0 Å². The average Bonchev–Trinajstić information content (AvgIpc) is 2.96. The number of halogens is 5.